The van der Waals surface area contributed by atoms with Crippen LogP contribution >= 0.6 is 22.9 Å². The monoisotopic (exact) mass is 456 g/mol. The molecule has 0 fully saturated rings. The number of hydrogen-bond acceptors (Lipinski definition) is 6. The lowest BCUT2D eigenvalue weighted by Gasteiger charge is -2.19. The SMILES string of the molecule is CCCN(Cc1nnc(-c2ccccc2Cl)o1)C(=O)c1cnc(-c2ccccc2F)s1. The maximum Gasteiger partial charge on any atom is 0.266 e. The van der Waals surface area contributed by atoms with Gasteiger partial charge in [-0.15, -0.1) is 21.5 Å². The summed E-state index contributed by atoms with van der Waals surface area (Å²) >= 11 is 7.34. The molecule has 0 aliphatic carbocycles. The fraction of sp³-hybridized carbons (Fsp3) is 0.182. The largest absolute Gasteiger partial charge is 0.419 e. The Morgan fingerprint density at radius 1 is 1.13 bits per heavy atom. The van der Waals surface area contributed by atoms with Crippen molar-refractivity contribution in [1.82, 2.24) is 20.1 Å². The minimum atomic E-state index is -0.376. The Morgan fingerprint density at radius 3 is 2.61 bits per heavy atom. The summed E-state index contributed by atoms with van der Waals surface area (Å²) < 4.78 is 19.8. The van der Waals surface area contributed by atoms with Gasteiger partial charge in [-0.3, -0.25) is 4.79 Å². The molecule has 0 spiro atoms. The van der Waals surface area contributed by atoms with Crippen LogP contribution in [0, 0.1) is 5.82 Å². The van der Waals surface area contributed by atoms with Gasteiger partial charge in [0.15, 0.2) is 0 Å². The zero-order valence-electron chi connectivity index (χ0n) is 16.6. The van der Waals surface area contributed by atoms with Crippen LogP contribution in [-0.2, 0) is 6.54 Å². The minimum absolute atomic E-state index is 0.150. The van der Waals surface area contributed by atoms with Crippen molar-refractivity contribution >= 4 is 28.8 Å². The predicted octanol–water partition coefficient (Wildman–Crippen LogP) is 5.71. The van der Waals surface area contributed by atoms with Gasteiger partial charge in [0.1, 0.15) is 15.7 Å². The van der Waals surface area contributed by atoms with E-state index in [1.807, 2.05) is 19.1 Å². The Balaban J connectivity index is 1.54. The van der Waals surface area contributed by atoms with E-state index in [0.717, 1.165) is 17.8 Å². The molecule has 0 unspecified atom stereocenters. The second-order valence-electron chi connectivity index (χ2n) is 6.72. The summed E-state index contributed by atoms with van der Waals surface area (Å²) in [5.74, 6) is -0.00153. The molecular formula is C22H18ClFN4O2S. The van der Waals surface area contributed by atoms with Gasteiger partial charge in [0.05, 0.1) is 23.3 Å². The van der Waals surface area contributed by atoms with Gasteiger partial charge >= 0.3 is 0 Å². The summed E-state index contributed by atoms with van der Waals surface area (Å²) in [6.45, 7) is 2.62. The highest BCUT2D eigenvalue weighted by Crippen LogP contribution is 2.29. The van der Waals surface area contributed by atoms with Crippen LogP contribution in [0.15, 0.2) is 59.1 Å². The van der Waals surface area contributed by atoms with Crippen LogP contribution < -0.4 is 0 Å². The van der Waals surface area contributed by atoms with Crippen LogP contribution in [0.5, 0.6) is 0 Å². The van der Waals surface area contributed by atoms with Crippen molar-refractivity contribution in [2.24, 2.45) is 0 Å². The summed E-state index contributed by atoms with van der Waals surface area (Å²) in [7, 11) is 0. The number of aromatic nitrogens is 3. The second-order valence-corrected chi connectivity index (χ2v) is 8.15. The molecule has 9 heteroatoms. The number of benzene rings is 2. The third-order valence-corrected chi connectivity index (χ3v) is 5.85. The molecule has 0 aliphatic rings. The smallest absolute Gasteiger partial charge is 0.266 e. The van der Waals surface area contributed by atoms with Crippen LogP contribution in [0.3, 0.4) is 0 Å². The number of thiazole rings is 1. The van der Waals surface area contributed by atoms with E-state index in [0.29, 0.717) is 44.4 Å². The first kappa shape index (κ1) is 21.1. The van der Waals surface area contributed by atoms with E-state index < -0.39 is 0 Å². The molecule has 158 valence electrons. The molecule has 0 saturated carbocycles. The van der Waals surface area contributed by atoms with Gasteiger partial charge in [0.25, 0.3) is 5.91 Å². The molecule has 4 rings (SSSR count). The molecule has 0 saturated heterocycles. The molecule has 2 aromatic heterocycles. The summed E-state index contributed by atoms with van der Waals surface area (Å²) in [5.41, 5.74) is 1.00. The third kappa shape index (κ3) is 4.65. The van der Waals surface area contributed by atoms with Crippen LogP contribution in [0.4, 0.5) is 4.39 Å². The maximum atomic E-state index is 14.1. The van der Waals surface area contributed by atoms with Gasteiger partial charge in [-0.2, -0.15) is 0 Å². The van der Waals surface area contributed by atoms with Crippen LogP contribution in [0.25, 0.3) is 22.0 Å². The van der Waals surface area contributed by atoms with E-state index in [-0.39, 0.29) is 18.3 Å². The fourth-order valence-electron chi connectivity index (χ4n) is 3.03. The molecule has 1 amide bonds. The van der Waals surface area contributed by atoms with Gasteiger partial charge in [-0.25, -0.2) is 9.37 Å². The van der Waals surface area contributed by atoms with E-state index >= 15 is 0 Å². The summed E-state index contributed by atoms with van der Waals surface area (Å²) in [6, 6.07) is 13.5. The molecule has 2 aromatic carbocycles. The summed E-state index contributed by atoms with van der Waals surface area (Å²) in [5, 5.41) is 9.08. The standard InChI is InChI=1S/C22H18ClFN4O2S/c1-2-11-28(13-19-26-27-20(30-19)14-7-3-5-9-16(14)23)22(29)18-12-25-21(31-18)15-8-4-6-10-17(15)24/h3-10,12H,2,11,13H2,1H3. The average Bonchev–Trinajstić information content (AvgIpc) is 3.44. The lowest BCUT2D eigenvalue weighted by Crippen LogP contribution is -2.30. The maximum absolute atomic E-state index is 14.1. The van der Waals surface area contributed by atoms with Crippen LogP contribution in [-0.4, -0.2) is 32.5 Å². The van der Waals surface area contributed by atoms with Gasteiger partial charge in [0, 0.05) is 12.1 Å². The highest BCUT2D eigenvalue weighted by atomic mass is 35.5. The number of halogens is 2. The number of amides is 1. The van der Waals surface area contributed by atoms with Gasteiger partial charge < -0.3 is 9.32 Å². The molecule has 31 heavy (non-hydrogen) atoms. The Kier molecular flexibility index (Phi) is 6.39. The highest BCUT2D eigenvalue weighted by molar-refractivity contribution is 7.16. The predicted molar refractivity (Wildman–Crippen MR) is 117 cm³/mol. The van der Waals surface area contributed by atoms with Crippen molar-refractivity contribution in [2.75, 3.05) is 6.54 Å². The fourth-order valence-corrected chi connectivity index (χ4v) is 4.16. The van der Waals surface area contributed by atoms with Crippen molar-refractivity contribution in [3.05, 3.63) is 76.3 Å². The van der Waals surface area contributed by atoms with E-state index in [1.165, 1.54) is 12.3 Å². The first-order valence-electron chi connectivity index (χ1n) is 9.64. The molecule has 0 atom stereocenters. The summed E-state index contributed by atoms with van der Waals surface area (Å²) in [6.07, 6.45) is 2.22. The topological polar surface area (TPSA) is 72.1 Å². The third-order valence-electron chi connectivity index (χ3n) is 4.50. The molecule has 0 N–H and O–H groups in total. The molecule has 6 nitrogen and oxygen atoms in total. The van der Waals surface area contributed by atoms with E-state index in [4.69, 9.17) is 16.0 Å². The number of carbonyl (C=O) groups is 1. The Hall–Kier alpha value is -3.10. The molecular weight excluding hydrogens is 439 g/mol. The average molecular weight is 457 g/mol. The Bertz CT molecular complexity index is 1210. The molecule has 0 radical (unpaired) electrons. The van der Waals surface area contributed by atoms with Crippen LogP contribution in [0.2, 0.25) is 5.02 Å². The summed E-state index contributed by atoms with van der Waals surface area (Å²) in [4.78, 5) is 19.4. The normalized spacial score (nSPS) is 10.9. The van der Waals surface area contributed by atoms with Crippen molar-refractivity contribution in [3.63, 3.8) is 0 Å². The zero-order valence-corrected chi connectivity index (χ0v) is 18.2. The second kappa shape index (κ2) is 9.36. The first-order chi connectivity index (χ1) is 15.1. The first-order valence-corrected chi connectivity index (χ1v) is 10.8. The minimum Gasteiger partial charge on any atom is -0.419 e. The number of nitrogens with zero attached hydrogens (tertiary/aromatic N) is 4. The van der Waals surface area contributed by atoms with Crippen molar-refractivity contribution < 1.29 is 13.6 Å². The Labute approximate surface area is 187 Å². The molecule has 2 heterocycles. The Morgan fingerprint density at radius 2 is 1.87 bits per heavy atom. The van der Waals surface area contributed by atoms with Crippen LogP contribution in [0.1, 0.15) is 28.9 Å². The van der Waals surface area contributed by atoms with E-state index in [1.54, 1.807) is 35.2 Å². The molecule has 0 bridgehead atoms. The van der Waals surface area contributed by atoms with Crippen molar-refractivity contribution in [1.29, 1.82) is 0 Å². The number of carbonyl (C=O) groups excluding carboxylic acids is 1. The number of hydrogen-bond donors (Lipinski definition) is 0. The molecule has 4 aromatic rings. The van der Waals surface area contributed by atoms with E-state index in [9.17, 15) is 9.18 Å². The van der Waals surface area contributed by atoms with Gasteiger partial charge in [-0.1, -0.05) is 42.8 Å². The van der Waals surface area contributed by atoms with Crippen molar-refractivity contribution in [3.8, 4) is 22.0 Å². The molecule has 0 aliphatic heterocycles. The zero-order chi connectivity index (χ0) is 21.8. The quantitative estimate of drug-likeness (QED) is 0.356. The number of rotatable bonds is 7. The highest BCUT2D eigenvalue weighted by Gasteiger charge is 2.22. The van der Waals surface area contributed by atoms with Gasteiger partial charge in [0.2, 0.25) is 11.8 Å². The lowest BCUT2D eigenvalue weighted by molar-refractivity contribution is 0.0733. The van der Waals surface area contributed by atoms with Gasteiger partial charge in [-0.05, 0) is 30.7 Å². The lowest BCUT2D eigenvalue weighted by atomic mass is 10.2. The van der Waals surface area contributed by atoms with Crippen molar-refractivity contribution in [2.45, 2.75) is 19.9 Å². The van der Waals surface area contributed by atoms with E-state index in [2.05, 4.69) is 15.2 Å².